The molecule has 22 heavy (non-hydrogen) atoms. The molecule has 116 valence electrons. The lowest BCUT2D eigenvalue weighted by Gasteiger charge is -2.36. The first kappa shape index (κ1) is 14.6. The highest BCUT2D eigenvalue weighted by Gasteiger charge is 2.34. The van der Waals surface area contributed by atoms with Crippen LogP contribution < -0.4 is 5.32 Å². The Morgan fingerprint density at radius 2 is 2.18 bits per heavy atom. The molecule has 2 N–H and O–H groups in total. The second-order valence-corrected chi connectivity index (χ2v) is 6.18. The van der Waals surface area contributed by atoms with Crippen LogP contribution in [0.5, 0.6) is 0 Å². The minimum absolute atomic E-state index is 0.0491. The van der Waals surface area contributed by atoms with Gasteiger partial charge in [-0.1, -0.05) is 26.0 Å². The highest BCUT2D eigenvalue weighted by molar-refractivity contribution is 6.07. The van der Waals surface area contributed by atoms with Crippen molar-refractivity contribution in [2.45, 2.75) is 26.3 Å². The molecule has 5 nitrogen and oxygen atoms in total. The fraction of sp³-hybridized carbons (Fsp3) is 0.412. The Balaban J connectivity index is 1.95. The first-order chi connectivity index (χ1) is 10.6. The van der Waals surface area contributed by atoms with E-state index in [0.717, 1.165) is 10.9 Å². The number of amides is 2. The summed E-state index contributed by atoms with van der Waals surface area (Å²) in [6.45, 7) is 5.20. The number of piperazine rings is 1. The minimum atomic E-state index is -0.383. The lowest BCUT2D eigenvalue weighted by molar-refractivity contribution is -0.128. The lowest BCUT2D eigenvalue weighted by Crippen LogP contribution is -2.57. The highest BCUT2D eigenvalue weighted by atomic mass is 16.2. The molecule has 1 aromatic heterocycles. The average Bonchev–Trinajstić information content (AvgIpc) is 2.96. The van der Waals surface area contributed by atoms with Crippen LogP contribution in [0.2, 0.25) is 0 Å². The number of rotatable bonds is 3. The van der Waals surface area contributed by atoms with Gasteiger partial charge < -0.3 is 15.2 Å². The van der Waals surface area contributed by atoms with Crippen molar-refractivity contribution >= 4 is 22.7 Å². The number of aromatic amines is 1. The molecule has 1 fully saturated rings. The van der Waals surface area contributed by atoms with Gasteiger partial charge in [0, 0.05) is 24.7 Å². The summed E-state index contributed by atoms with van der Waals surface area (Å²) >= 11 is 0. The molecule has 3 rings (SSSR count). The largest absolute Gasteiger partial charge is 0.361 e. The van der Waals surface area contributed by atoms with Crippen LogP contribution in [-0.4, -0.2) is 40.8 Å². The van der Waals surface area contributed by atoms with Gasteiger partial charge in [0.1, 0.15) is 6.04 Å². The van der Waals surface area contributed by atoms with Crippen molar-refractivity contribution < 1.29 is 9.59 Å². The number of aromatic nitrogens is 1. The molecule has 0 aliphatic carbocycles. The van der Waals surface area contributed by atoms with E-state index < -0.39 is 0 Å². The van der Waals surface area contributed by atoms with Crippen LogP contribution in [0.4, 0.5) is 0 Å². The van der Waals surface area contributed by atoms with Crippen LogP contribution >= 0.6 is 0 Å². The van der Waals surface area contributed by atoms with Crippen LogP contribution in [0, 0.1) is 5.92 Å². The molecule has 2 aromatic rings. The van der Waals surface area contributed by atoms with Gasteiger partial charge in [-0.05, 0) is 24.5 Å². The quantitative estimate of drug-likeness (QED) is 0.912. The summed E-state index contributed by atoms with van der Waals surface area (Å²) in [5, 5.41) is 3.87. The standard InChI is InChI=1S/C17H21N3O2/c1-11(2)10-14-16(21)19-8-9-20(14)17(22)13-5-3-4-12-6-7-18-15(12)13/h3-7,11,14,18H,8-10H2,1-2H3,(H,19,21). The van der Waals surface area contributed by atoms with Crippen molar-refractivity contribution in [1.29, 1.82) is 0 Å². The van der Waals surface area contributed by atoms with E-state index in [1.807, 2.05) is 30.5 Å². The Labute approximate surface area is 129 Å². The molecule has 0 saturated carbocycles. The van der Waals surface area contributed by atoms with Gasteiger partial charge in [-0.2, -0.15) is 0 Å². The number of hydrogen-bond acceptors (Lipinski definition) is 2. The third kappa shape index (κ3) is 2.58. The Kier molecular flexibility index (Phi) is 3.88. The maximum atomic E-state index is 13.0. The first-order valence-corrected chi connectivity index (χ1v) is 7.72. The van der Waals surface area contributed by atoms with Crippen molar-refractivity contribution in [3.8, 4) is 0 Å². The summed E-state index contributed by atoms with van der Waals surface area (Å²) in [4.78, 5) is 30.0. The van der Waals surface area contributed by atoms with Gasteiger partial charge in [0.2, 0.25) is 5.91 Å². The number of H-pyrrole nitrogens is 1. The number of fused-ring (bicyclic) bond motifs is 1. The van der Waals surface area contributed by atoms with Crippen LogP contribution in [0.15, 0.2) is 30.5 Å². The van der Waals surface area contributed by atoms with Crippen LogP contribution in [-0.2, 0) is 4.79 Å². The fourth-order valence-corrected chi connectivity index (χ4v) is 3.06. The second kappa shape index (κ2) is 5.83. The Hall–Kier alpha value is -2.30. The predicted molar refractivity (Wildman–Crippen MR) is 85.6 cm³/mol. The van der Waals surface area contributed by atoms with Gasteiger partial charge in [0.15, 0.2) is 0 Å². The Morgan fingerprint density at radius 1 is 1.36 bits per heavy atom. The summed E-state index contributed by atoms with van der Waals surface area (Å²) < 4.78 is 0. The number of carbonyl (C=O) groups is 2. The monoisotopic (exact) mass is 299 g/mol. The molecular formula is C17H21N3O2. The number of benzene rings is 1. The van der Waals surface area contributed by atoms with E-state index in [4.69, 9.17) is 0 Å². The third-order valence-electron chi connectivity index (χ3n) is 4.10. The number of nitrogens with one attached hydrogen (secondary N) is 2. The summed E-state index contributed by atoms with van der Waals surface area (Å²) in [7, 11) is 0. The topological polar surface area (TPSA) is 65.2 Å². The van der Waals surface area contributed by atoms with E-state index in [1.54, 1.807) is 4.90 Å². The summed E-state index contributed by atoms with van der Waals surface area (Å²) in [5.41, 5.74) is 1.47. The van der Waals surface area contributed by atoms with Crippen molar-refractivity contribution in [2.24, 2.45) is 5.92 Å². The van der Waals surface area contributed by atoms with E-state index in [0.29, 0.717) is 31.0 Å². The second-order valence-electron chi connectivity index (χ2n) is 6.18. The molecule has 0 radical (unpaired) electrons. The zero-order valence-electron chi connectivity index (χ0n) is 12.9. The number of nitrogens with zero attached hydrogens (tertiary/aromatic N) is 1. The Morgan fingerprint density at radius 3 is 2.95 bits per heavy atom. The highest BCUT2D eigenvalue weighted by Crippen LogP contribution is 2.22. The van der Waals surface area contributed by atoms with Gasteiger partial charge >= 0.3 is 0 Å². The molecule has 1 saturated heterocycles. The average molecular weight is 299 g/mol. The number of para-hydroxylation sites is 1. The summed E-state index contributed by atoms with van der Waals surface area (Å²) in [6, 6.07) is 7.23. The number of hydrogen-bond donors (Lipinski definition) is 2. The zero-order valence-corrected chi connectivity index (χ0v) is 12.9. The third-order valence-corrected chi connectivity index (χ3v) is 4.10. The van der Waals surface area contributed by atoms with Gasteiger partial charge in [0.05, 0.1) is 11.1 Å². The van der Waals surface area contributed by atoms with E-state index in [-0.39, 0.29) is 17.9 Å². The van der Waals surface area contributed by atoms with Crippen LogP contribution in [0.3, 0.4) is 0 Å². The lowest BCUT2D eigenvalue weighted by atomic mass is 9.99. The van der Waals surface area contributed by atoms with Crippen molar-refractivity contribution in [3.05, 3.63) is 36.0 Å². The summed E-state index contributed by atoms with van der Waals surface area (Å²) in [5.74, 6) is 0.228. The van der Waals surface area contributed by atoms with Crippen LogP contribution in [0.25, 0.3) is 10.9 Å². The van der Waals surface area contributed by atoms with Gasteiger partial charge in [-0.3, -0.25) is 9.59 Å². The SMILES string of the molecule is CC(C)CC1C(=O)NCCN1C(=O)c1cccc2cc[nH]c12. The zero-order chi connectivity index (χ0) is 15.7. The molecule has 5 heteroatoms. The molecule has 1 aliphatic heterocycles. The molecule has 1 unspecified atom stereocenters. The molecule has 0 bridgehead atoms. The van der Waals surface area contributed by atoms with E-state index in [1.165, 1.54) is 0 Å². The van der Waals surface area contributed by atoms with Crippen molar-refractivity contribution in [3.63, 3.8) is 0 Å². The summed E-state index contributed by atoms with van der Waals surface area (Å²) in [6.07, 6.45) is 2.51. The van der Waals surface area contributed by atoms with Gasteiger partial charge in [-0.25, -0.2) is 0 Å². The van der Waals surface area contributed by atoms with E-state index in [9.17, 15) is 9.59 Å². The van der Waals surface area contributed by atoms with E-state index >= 15 is 0 Å². The molecule has 2 amide bonds. The molecule has 2 heterocycles. The van der Waals surface area contributed by atoms with Gasteiger partial charge in [0.25, 0.3) is 5.91 Å². The predicted octanol–water partition coefficient (Wildman–Crippen LogP) is 2.15. The molecule has 1 aromatic carbocycles. The Bertz CT molecular complexity index is 705. The molecule has 1 aliphatic rings. The molecule has 0 spiro atoms. The maximum absolute atomic E-state index is 13.0. The number of carbonyl (C=O) groups excluding carboxylic acids is 2. The smallest absolute Gasteiger partial charge is 0.256 e. The molecule has 1 atom stereocenters. The van der Waals surface area contributed by atoms with Crippen molar-refractivity contribution in [1.82, 2.24) is 15.2 Å². The van der Waals surface area contributed by atoms with Crippen LogP contribution in [0.1, 0.15) is 30.6 Å². The van der Waals surface area contributed by atoms with E-state index in [2.05, 4.69) is 24.1 Å². The normalized spacial score (nSPS) is 18.8. The van der Waals surface area contributed by atoms with Crippen molar-refractivity contribution in [2.75, 3.05) is 13.1 Å². The first-order valence-electron chi connectivity index (χ1n) is 7.72. The molecular weight excluding hydrogens is 278 g/mol. The minimum Gasteiger partial charge on any atom is -0.361 e. The maximum Gasteiger partial charge on any atom is 0.256 e. The fourth-order valence-electron chi connectivity index (χ4n) is 3.06. The van der Waals surface area contributed by atoms with Gasteiger partial charge in [-0.15, -0.1) is 0 Å².